The van der Waals surface area contributed by atoms with Gasteiger partial charge in [-0.1, -0.05) is 23.3 Å². The van der Waals surface area contributed by atoms with Crippen molar-refractivity contribution in [2.75, 3.05) is 11.7 Å². The fourth-order valence-corrected chi connectivity index (χ4v) is 4.84. The van der Waals surface area contributed by atoms with Gasteiger partial charge in [0.05, 0.1) is 30.6 Å². The molecular formula is C21H22N7O6P. The zero-order valence-electron chi connectivity index (χ0n) is 18.6. The highest BCUT2D eigenvalue weighted by Crippen LogP contribution is 2.48. The molecule has 0 bridgehead atoms. The number of pyridine rings is 1. The van der Waals surface area contributed by atoms with Crippen molar-refractivity contribution in [3.63, 3.8) is 0 Å². The van der Waals surface area contributed by atoms with Crippen LogP contribution in [0.4, 0.5) is 5.69 Å². The molecule has 0 amide bonds. The number of H-pyrrole nitrogens is 1. The summed E-state index contributed by atoms with van der Waals surface area (Å²) >= 11 is 0. The summed E-state index contributed by atoms with van der Waals surface area (Å²) in [5.41, 5.74) is 8.55. The first kappa shape index (κ1) is 24.2. The first-order chi connectivity index (χ1) is 16.9. The van der Waals surface area contributed by atoms with Crippen LogP contribution in [0.15, 0.2) is 75.8 Å². The van der Waals surface area contributed by atoms with E-state index in [1.165, 1.54) is 17.0 Å². The average Bonchev–Trinajstić information content (AvgIpc) is 3.24. The maximum atomic E-state index is 13.6. The lowest BCUT2D eigenvalue weighted by molar-refractivity contribution is -0.0234. The van der Waals surface area contributed by atoms with Crippen molar-refractivity contribution in [2.24, 2.45) is 5.11 Å². The first-order valence-electron chi connectivity index (χ1n) is 10.6. The molecule has 0 aliphatic carbocycles. The summed E-state index contributed by atoms with van der Waals surface area (Å²) in [4.78, 5) is 33.0. The minimum absolute atomic E-state index is 0.142. The number of aromatic nitrogens is 3. The number of anilines is 1. The van der Waals surface area contributed by atoms with E-state index in [9.17, 15) is 14.2 Å². The van der Waals surface area contributed by atoms with Crippen molar-refractivity contribution in [1.29, 1.82) is 0 Å². The van der Waals surface area contributed by atoms with Gasteiger partial charge < -0.3 is 9.26 Å². The van der Waals surface area contributed by atoms with Crippen molar-refractivity contribution in [3.8, 4) is 5.75 Å². The molecule has 1 aliphatic heterocycles. The molecule has 1 fully saturated rings. The molecule has 1 saturated heterocycles. The number of para-hydroxylation sites is 1. The number of ether oxygens (including phenoxy) is 1. The SMILES string of the molecule is Cc1cn([C@H]2C[C@H](N=[N+]=[N-])[C@@H](COP(=O)(Nc3cccnc3)Oc3ccccc3)O2)c(=O)[nH]c1=O. The number of azide groups is 1. The van der Waals surface area contributed by atoms with Crippen LogP contribution in [0.5, 0.6) is 5.75 Å². The number of rotatable bonds is 9. The van der Waals surface area contributed by atoms with E-state index in [0.29, 0.717) is 17.0 Å². The van der Waals surface area contributed by atoms with Gasteiger partial charge in [-0.25, -0.2) is 9.36 Å². The van der Waals surface area contributed by atoms with Crippen LogP contribution in [0, 0.1) is 6.92 Å². The van der Waals surface area contributed by atoms with Gasteiger partial charge >= 0.3 is 13.4 Å². The molecule has 0 radical (unpaired) electrons. The Bertz CT molecular complexity index is 1330. The molecule has 14 heteroatoms. The number of hydrogen-bond donors (Lipinski definition) is 2. The van der Waals surface area contributed by atoms with Crippen molar-refractivity contribution < 1.29 is 18.3 Å². The van der Waals surface area contributed by atoms with E-state index in [1.54, 1.807) is 55.6 Å². The van der Waals surface area contributed by atoms with Crippen LogP contribution in [0.2, 0.25) is 0 Å². The van der Waals surface area contributed by atoms with Crippen LogP contribution in [0.1, 0.15) is 18.2 Å². The van der Waals surface area contributed by atoms with E-state index in [-0.39, 0.29) is 13.0 Å². The lowest BCUT2D eigenvalue weighted by atomic mass is 10.1. The Hall–Kier alpha value is -3.89. The van der Waals surface area contributed by atoms with Gasteiger partial charge in [-0.2, -0.15) is 0 Å². The highest BCUT2D eigenvalue weighted by molar-refractivity contribution is 7.55. The largest absolute Gasteiger partial charge is 0.486 e. The third kappa shape index (κ3) is 5.97. The minimum atomic E-state index is -4.00. The maximum Gasteiger partial charge on any atom is 0.486 e. The Kier molecular flexibility index (Phi) is 7.33. The number of aryl methyl sites for hydroxylation is 1. The second-order valence-corrected chi connectivity index (χ2v) is 9.33. The fraction of sp³-hybridized carbons (Fsp3) is 0.286. The molecular weight excluding hydrogens is 477 g/mol. The summed E-state index contributed by atoms with van der Waals surface area (Å²) in [5.74, 6) is 0.305. The fourth-order valence-electron chi connectivity index (χ4n) is 3.48. The van der Waals surface area contributed by atoms with Crippen LogP contribution in [-0.2, 0) is 13.8 Å². The molecule has 1 aliphatic rings. The maximum absolute atomic E-state index is 13.6. The van der Waals surface area contributed by atoms with E-state index in [1.807, 2.05) is 0 Å². The van der Waals surface area contributed by atoms with Crippen LogP contribution in [-0.4, -0.2) is 33.3 Å². The minimum Gasteiger partial charge on any atom is -0.409 e. The third-order valence-electron chi connectivity index (χ3n) is 5.17. The standard InChI is InChI=1S/C21H22N7O6P/c1-14-12-28(21(30)24-20(14)29)19-10-17(25-27-22)18(33-19)13-32-35(31,26-15-6-5-9-23-11-15)34-16-7-3-2-4-8-16/h2-9,11-12,17-19H,10,13H2,1H3,(H,26,31)(H,24,29,30)/t17-,18+,19+,35?/m0/s1. The lowest BCUT2D eigenvalue weighted by Gasteiger charge is -2.23. The van der Waals surface area contributed by atoms with Crippen LogP contribution in [0.3, 0.4) is 0 Å². The van der Waals surface area contributed by atoms with Crippen molar-refractivity contribution in [2.45, 2.75) is 31.7 Å². The molecule has 4 rings (SSSR count). The van der Waals surface area contributed by atoms with Gasteiger partial charge in [0.15, 0.2) is 0 Å². The van der Waals surface area contributed by atoms with Gasteiger partial charge in [0, 0.05) is 29.3 Å². The summed E-state index contributed by atoms with van der Waals surface area (Å²) in [6.07, 6.45) is 2.85. The zero-order chi connectivity index (χ0) is 24.8. The summed E-state index contributed by atoms with van der Waals surface area (Å²) < 4.78 is 32.1. The lowest BCUT2D eigenvalue weighted by Crippen LogP contribution is -2.33. The average molecular weight is 499 g/mol. The molecule has 4 atom stereocenters. The summed E-state index contributed by atoms with van der Waals surface area (Å²) in [6, 6.07) is 11.0. The molecule has 182 valence electrons. The van der Waals surface area contributed by atoms with Crippen molar-refractivity contribution in [3.05, 3.63) is 97.9 Å². The number of aromatic amines is 1. The van der Waals surface area contributed by atoms with Gasteiger partial charge in [-0.15, -0.1) is 0 Å². The van der Waals surface area contributed by atoms with Crippen molar-refractivity contribution in [1.82, 2.24) is 14.5 Å². The van der Waals surface area contributed by atoms with Gasteiger partial charge in [-0.3, -0.25) is 28.9 Å². The van der Waals surface area contributed by atoms with Crippen LogP contribution in [0.25, 0.3) is 10.4 Å². The zero-order valence-corrected chi connectivity index (χ0v) is 19.4. The van der Waals surface area contributed by atoms with Gasteiger partial charge in [-0.05, 0) is 36.7 Å². The highest BCUT2D eigenvalue weighted by atomic mass is 31.2. The second-order valence-electron chi connectivity index (χ2n) is 7.67. The molecule has 1 aromatic carbocycles. The third-order valence-corrected chi connectivity index (χ3v) is 6.64. The van der Waals surface area contributed by atoms with Crippen molar-refractivity contribution >= 4 is 13.4 Å². The molecule has 2 aromatic heterocycles. The first-order valence-corrected chi connectivity index (χ1v) is 12.1. The Labute approximate surface area is 198 Å². The van der Waals surface area contributed by atoms with E-state index in [0.717, 1.165) is 0 Å². The van der Waals surface area contributed by atoms with Crippen LogP contribution >= 0.6 is 7.75 Å². The number of nitrogens with zero attached hydrogens (tertiary/aromatic N) is 5. The van der Waals surface area contributed by atoms with Crippen LogP contribution < -0.4 is 20.9 Å². The van der Waals surface area contributed by atoms with E-state index < -0.39 is 37.4 Å². The van der Waals surface area contributed by atoms with E-state index in [4.69, 9.17) is 19.3 Å². The molecule has 1 unspecified atom stereocenters. The Balaban J connectivity index is 1.55. The molecule has 3 aromatic rings. The van der Waals surface area contributed by atoms with E-state index >= 15 is 0 Å². The Morgan fingerprint density at radius 3 is 2.83 bits per heavy atom. The Morgan fingerprint density at radius 2 is 2.11 bits per heavy atom. The molecule has 0 spiro atoms. The Morgan fingerprint density at radius 1 is 1.31 bits per heavy atom. The second kappa shape index (κ2) is 10.6. The number of nitrogens with one attached hydrogen (secondary N) is 2. The molecule has 2 N–H and O–H groups in total. The molecule has 13 nitrogen and oxygen atoms in total. The van der Waals surface area contributed by atoms with E-state index in [2.05, 4.69) is 25.1 Å². The normalized spacial score (nSPS) is 21.0. The number of benzene rings is 1. The number of hydrogen-bond acceptors (Lipinski definition) is 8. The van der Waals surface area contributed by atoms with Gasteiger partial charge in [0.25, 0.3) is 5.56 Å². The summed E-state index contributed by atoms with van der Waals surface area (Å²) in [6.45, 7) is 1.27. The summed E-state index contributed by atoms with van der Waals surface area (Å²) in [7, 11) is -4.00. The highest BCUT2D eigenvalue weighted by Gasteiger charge is 2.39. The predicted octanol–water partition coefficient (Wildman–Crippen LogP) is 3.52. The molecule has 3 heterocycles. The monoisotopic (exact) mass is 499 g/mol. The predicted molar refractivity (Wildman–Crippen MR) is 126 cm³/mol. The quantitative estimate of drug-likeness (QED) is 0.195. The smallest absolute Gasteiger partial charge is 0.409 e. The topological polar surface area (TPSA) is 173 Å². The molecule has 0 saturated carbocycles. The van der Waals surface area contributed by atoms with Gasteiger partial charge in [0.2, 0.25) is 0 Å². The van der Waals surface area contributed by atoms with Gasteiger partial charge in [0.1, 0.15) is 12.0 Å². The molecule has 35 heavy (non-hydrogen) atoms. The summed E-state index contributed by atoms with van der Waals surface area (Å²) in [5, 5.41) is 6.48.